The van der Waals surface area contributed by atoms with Gasteiger partial charge in [0.2, 0.25) is 0 Å². The molecule has 1 fully saturated rings. The Kier molecular flexibility index (Phi) is 2.52. The Morgan fingerprint density at radius 3 is 2.25 bits per heavy atom. The lowest BCUT2D eigenvalue weighted by molar-refractivity contribution is -0.121. The van der Waals surface area contributed by atoms with Crippen molar-refractivity contribution in [3.05, 3.63) is 35.1 Å². The largest absolute Gasteiger partial charge is 0.299 e. The minimum atomic E-state index is -1.20. The molecule has 0 aliphatic heterocycles. The average Bonchev–Trinajstić information content (AvgIpc) is 2.95. The van der Waals surface area contributed by atoms with Crippen LogP contribution in [0.25, 0.3) is 0 Å². The van der Waals surface area contributed by atoms with Crippen LogP contribution in [0.2, 0.25) is 0 Å². The van der Waals surface area contributed by atoms with E-state index in [9.17, 15) is 18.0 Å². The maximum atomic E-state index is 13.3. The zero-order chi connectivity index (χ0) is 11.9. The van der Waals surface area contributed by atoms with Gasteiger partial charge in [-0.3, -0.25) is 4.79 Å². The Hall–Kier alpha value is -1.32. The second-order valence-electron chi connectivity index (χ2n) is 4.37. The fourth-order valence-corrected chi connectivity index (χ4v) is 1.87. The van der Waals surface area contributed by atoms with Crippen LogP contribution in [0.1, 0.15) is 25.3 Å². The molecule has 0 amide bonds. The van der Waals surface area contributed by atoms with E-state index < -0.39 is 22.9 Å². The van der Waals surface area contributed by atoms with Crippen molar-refractivity contribution in [2.75, 3.05) is 0 Å². The predicted octanol–water partition coefficient (Wildman–Crippen LogP) is 3.02. The van der Waals surface area contributed by atoms with Crippen LogP contribution in [0.4, 0.5) is 13.2 Å². The van der Waals surface area contributed by atoms with Gasteiger partial charge in [0.15, 0.2) is 11.6 Å². The Balaban J connectivity index is 2.29. The molecule has 0 heterocycles. The molecule has 0 atom stereocenters. The van der Waals surface area contributed by atoms with Gasteiger partial charge in [0.25, 0.3) is 0 Å². The molecule has 0 N–H and O–H groups in total. The lowest BCUT2D eigenvalue weighted by atomic mass is 9.92. The molecule has 1 aromatic carbocycles. The van der Waals surface area contributed by atoms with E-state index in [2.05, 4.69) is 0 Å². The number of halogens is 3. The van der Waals surface area contributed by atoms with Crippen molar-refractivity contribution in [2.24, 2.45) is 5.41 Å². The summed E-state index contributed by atoms with van der Waals surface area (Å²) in [6, 6.07) is 1.37. The molecule has 2 rings (SSSR count). The predicted molar refractivity (Wildman–Crippen MR) is 52.4 cm³/mol. The zero-order valence-corrected chi connectivity index (χ0v) is 8.82. The van der Waals surface area contributed by atoms with Crippen LogP contribution in [0.5, 0.6) is 0 Å². The van der Waals surface area contributed by atoms with Gasteiger partial charge in [0, 0.05) is 11.5 Å². The van der Waals surface area contributed by atoms with Gasteiger partial charge in [-0.25, -0.2) is 13.2 Å². The quantitative estimate of drug-likeness (QED) is 0.727. The highest BCUT2D eigenvalue weighted by atomic mass is 19.2. The molecule has 1 saturated carbocycles. The van der Waals surface area contributed by atoms with Crippen LogP contribution >= 0.6 is 0 Å². The minimum absolute atomic E-state index is 0.0170. The highest BCUT2D eigenvalue weighted by Crippen LogP contribution is 2.49. The van der Waals surface area contributed by atoms with Gasteiger partial charge in [-0.1, -0.05) is 0 Å². The SMILES string of the molecule is CC(=O)C1(Cc2cc(F)c(F)cc2F)CC1. The first-order chi connectivity index (χ1) is 7.44. The van der Waals surface area contributed by atoms with Crippen LogP contribution in [-0.4, -0.2) is 5.78 Å². The molecule has 1 nitrogen and oxygen atoms in total. The van der Waals surface area contributed by atoms with Gasteiger partial charge < -0.3 is 0 Å². The van der Waals surface area contributed by atoms with E-state index in [-0.39, 0.29) is 17.8 Å². The standard InChI is InChI=1S/C12H11F3O/c1-7(16)12(2-3-12)6-8-4-10(14)11(15)5-9(8)13/h4-5H,2-3,6H2,1H3. The number of rotatable bonds is 3. The normalized spacial score (nSPS) is 17.2. The van der Waals surface area contributed by atoms with Crippen LogP contribution < -0.4 is 0 Å². The third-order valence-electron chi connectivity index (χ3n) is 3.22. The Labute approximate surface area is 91.3 Å². The third-order valence-corrected chi connectivity index (χ3v) is 3.22. The van der Waals surface area contributed by atoms with Crippen molar-refractivity contribution in [2.45, 2.75) is 26.2 Å². The molecule has 86 valence electrons. The van der Waals surface area contributed by atoms with Gasteiger partial charge in [0.05, 0.1) is 0 Å². The number of ketones is 1. The molecule has 0 unspecified atom stereocenters. The summed E-state index contributed by atoms with van der Waals surface area (Å²) in [5, 5.41) is 0. The van der Waals surface area contributed by atoms with Gasteiger partial charge in [-0.15, -0.1) is 0 Å². The minimum Gasteiger partial charge on any atom is -0.299 e. The molecule has 4 heteroatoms. The van der Waals surface area contributed by atoms with E-state index in [0.29, 0.717) is 18.9 Å². The fourth-order valence-electron chi connectivity index (χ4n) is 1.87. The van der Waals surface area contributed by atoms with Crippen LogP contribution in [0.15, 0.2) is 12.1 Å². The van der Waals surface area contributed by atoms with Crippen molar-refractivity contribution < 1.29 is 18.0 Å². The van der Waals surface area contributed by atoms with Gasteiger partial charge in [0.1, 0.15) is 11.6 Å². The monoisotopic (exact) mass is 228 g/mol. The summed E-state index contributed by atoms with van der Waals surface area (Å²) in [7, 11) is 0. The molecular weight excluding hydrogens is 217 g/mol. The molecule has 0 saturated heterocycles. The molecule has 0 aromatic heterocycles. The number of Topliss-reactive ketones (excluding diaryl/α,β-unsaturated/α-hetero) is 1. The highest BCUT2D eigenvalue weighted by molar-refractivity contribution is 5.85. The Bertz CT molecular complexity index is 450. The topological polar surface area (TPSA) is 17.1 Å². The summed E-state index contributed by atoms with van der Waals surface area (Å²) < 4.78 is 38.9. The lowest BCUT2D eigenvalue weighted by Gasteiger charge is -2.12. The Morgan fingerprint density at radius 2 is 1.75 bits per heavy atom. The van der Waals surface area contributed by atoms with Crippen molar-refractivity contribution in [1.29, 1.82) is 0 Å². The van der Waals surface area contributed by atoms with E-state index in [1.54, 1.807) is 0 Å². The van der Waals surface area contributed by atoms with Crippen LogP contribution in [0, 0.1) is 22.9 Å². The third kappa shape index (κ3) is 1.84. The number of hydrogen-bond donors (Lipinski definition) is 0. The molecule has 1 aromatic rings. The van der Waals surface area contributed by atoms with Gasteiger partial charge >= 0.3 is 0 Å². The second kappa shape index (κ2) is 3.61. The molecule has 16 heavy (non-hydrogen) atoms. The summed E-state index contributed by atoms with van der Waals surface area (Å²) >= 11 is 0. The van der Waals surface area contributed by atoms with Crippen molar-refractivity contribution in [1.82, 2.24) is 0 Å². The van der Waals surface area contributed by atoms with Crippen molar-refractivity contribution in [3.63, 3.8) is 0 Å². The first-order valence-electron chi connectivity index (χ1n) is 5.09. The van der Waals surface area contributed by atoms with Crippen molar-refractivity contribution in [3.8, 4) is 0 Å². The van der Waals surface area contributed by atoms with Crippen LogP contribution in [-0.2, 0) is 11.2 Å². The maximum absolute atomic E-state index is 13.3. The molecule has 1 aliphatic rings. The lowest BCUT2D eigenvalue weighted by Crippen LogP contribution is -2.16. The zero-order valence-electron chi connectivity index (χ0n) is 8.82. The van der Waals surface area contributed by atoms with E-state index in [4.69, 9.17) is 0 Å². The maximum Gasteiger partial charge on any atom is 0.161 e. The fraction of sp³-hybridized carbons (Fsp3) is 0.417. The molecule has 0 bridgehead atoms. The summed E-state index contributed by atoms with van der Waals surface area (Å²) in [5.74, 6) is -3.08. The average molecular weight is 228 g/mol. The van der Waals surface area contributed by atoms with Gasteiger partial charge in [-0.05, 0) is 37.8 Å². The second-order valence-corrected chi connectivity index (χ2v) is 4.37. The van der Waals surface area contributed by atoms with E-state index in [0.717, 1.165) is 6.07 Å². The summed E-state index contributed by atoms with van der Waals surface area (Å²) in [6.45, 7) is 1.45. The number of benzene rings is 1. The van der Waals surface area contributed by atoms with Crippen molar-refractivity contribution >= 4 is 5.78 Å². The molecular formula is C12H11F3O. The first kappa shape index (κ1) is 11.2. The summed E-state index contributed by atoms with van der Waals surface area (Å²) in [4.78, 5) is 11.3. The van der Waals surface area contributed by atoms with Gasteiger partial charge in [-0.2, -0.15) is 0 Å². The Morgan fingerprint density at radius 1 is 1.19 bits per heavy atom. The van der Waals surface area contributed by atoms with E-state index in [1.165, 1.54) is 6.92 Å². The van der Waals surface area contributed by atoms with E-state index in [1.807, 2.05) is 0 Å². The molecule has 1 aliphatic carbocycles. The van der Waals surface area contributed by atoms with E-state index >= 15 is 0 Å². The summed E-state index contributed by atoms with van der Waals surface area (Å²) in [5.41, 5.74) is -0.461. The number of hydrogen-bond acceptors (Lipinski definition) is 1. The number of carbonyl (C=O) groups excluding carboxylic acids is 1. The first-order valence-corrected chi connectivity index (χ1v) is 5.09. The number of carbonyl (C=O) groups is 1. The molecule has 0 radical (unpaired) electrons. The van der Waals surface area contributed by atoms with Crippen LogP contribution in [0.3, 0.4) is 0 Å². The summed E-state index contributed by atoms with van der Waals surface area (Å²) in [6.07, 6.45) is 1.55. The smallest absolute Gasteiger partial charge is 0.161 e. The highest BCUT2D eigenvalue weighted by Gasteiger charge is 2.47. The molecule has 0 spiro atoms.